The molecule has 154 valence electrons. The van der Waals surface area contributed by atoms with Gasteiger partial charge in [0.25, 0.3) is 0 Å². The number of benzene rings is 2. The summed E-state index contributed by atoms with van der Waals surface area (Å²) in [5, 5.41) is 2.64. The van der Waals surface area contributed by atoms with E-state index >= 15 is 0 Å². The van der Waals surface area contributed by atoms with E-state index in [9.17, 15) is 13.2 Å². The average Bonchev–Trinajstić information content (AvgIpc) is 3.16. The summed E-state index contributed by atoms with van der Waals surface area (Å²) in [6.45, 7) is 4.89. The molecular formula is C20H24N3O5S+. The number of rotatable bonds is 5. The molecule has 2 N–H and O–H groups in total. The van der Waals surface area contributed by atoms with Crippen LogP contribution >= 0.6 is 0 Å². The number of ether oxygens (including phenoxy) is 2. The fourth-order valence-corrected chi connectivity index (χ4v) is 5.06. The summed E-state index contributed by atoms with van der Waals surface area (Å²) in [7, 11) is -3.54. The zero-order valence-corrected chi connectivity index (χ0v) is 17.0. The van der Waals surface area contributed by atoms with Crippen molar-refractivity contribution in [3.8, 4) is 11.5 Å². The molecule has 0 unspecified atom stereocenters. The van der Waals surface area contributed by atoms with Crippen molar-refractivity contribution in [2.24, 2.45) is 0 Å². The lowest BCUT2D eigenvalue weighted by Crippen LogP contribution is -3.13. The maximum absolute atomic E-state index is 12.9. The minimum Gasteiger partial charge on any atom is -0.454 e. The van der Waals surface area contributed by atoms with Gasteiger partial charge in [-0.3, -0.25) is 4.79 Å². The molecule has 1 saturated heterocycles. The third kappa shape index (κ3) is 4.36. The lowest BCUT2D eigenvalue weighted by atomic mass is 10.2. The molecule has 29 heavy (non-hydrogen) atoms. The molecule has 2 aromatic rings. The van der Waals surface area contributed by atoms with Crippen LogP contribution in [0, 0.1) is 0 Å². The lowest BCUT2D eigenvalue weighted by molar-refractivity contribution is -0.917. The number of nitrogens with one attached hydrogen (secondary N) is 2. The summed E-state index contributed by atoms with van der Waals surface area (Å²) in [4.78, 5) is 12.7. The molecule has 2 heterocycles. The number of anilines is 1. The molecule has 2 aliphatic rings. The number of carbonyl (C=O) groups excluding carboxylic acids is 1. The van der Waals surface area contributed by atoms with E-state index in [1.807, 2.05) is 18.2 Å². The number of carbonyl (C=O) groups is 1. The van der Waals surface area contributed by atoms with Gasteiger partial charge in [-0.15, -0.1) is 0 Å². The van der Waals surface area contributed by atoms with E-state index in [2.05, 4.69) is 5.32 Å². The molecule has 0 bridgehead atoms. The van der Waals surface area contributed by atoms with Crippen LogP contribution in [0.4, 0.5) is 5.69 Å². The first-order valence-electron chi connectivity index (χ1n) is 9.52. The summed E-state index contributed by atoms with van der Waals surface area (Å²) < 4.78 is 38.1. The fraction of sp³-hybridized carbons (Fsp3) is 0.350. The van der Waals surface area contributed by atoms with Crippen LogP contribution in [0.15, 0.2) is 47.4 Å². The summed E-state index contributed by atoms with van der Waals surface area (Å²) in [5.74, 6) is 1.34. The number of fused-ring (bicyclic) bond motifs is 1. The summed E-state index contributed by atoms with van der Waals surface area (Å²) in [6, 6.07) is 12.2. The van der Waals surface area contributed by atoms with Crippen LogP contribution in [-0.4, -0.2) is 51.6 Å². The Labute approximate surface area is 170 Å². The number of quaternary nitrogens is 1. The van der Waals surface area contributed by atoms with Crippen molar-refractivity contribution in [3.05, 3.63) is 48.0 Å². The van der Waals surface area contributed by atoms with E-state index in [-0.39, 0.29) is 17.6 Å². The molecular weight excluding hydrogens is 394 g/mol. The Morgan fingerprint density at radius 3 is 2.45 bits per heavy atom. The quantitative estimate of drug-likeness (QED) is 0.737. The molecule has 0 radical (unpaired) electrons. The van der Waals surface area contributed by atoms with Crippen LogP contribution in [0.5, 0.6) is 11.5 Å². The molecule has 4 rings (SSSR count). The van der Waals surface area contributed by atoms with Crippen LogP contribution in [-0.2, 0) is 21.4 Å². The van der Waals surface area contributed by atoms with E-state index in [0.29, 0.717) is 18.8 Å². The Bertz CT molecular complexity index is 999. The van der Waals surface area contributed by atoms with Crippen LogP contribution in [0.3, 0.4) is 0 Å². The Kier molecular flexibility index (Phi) is 5.44. The van der Waals surface area contributed by atoms with Crippen molar-refractivity contribution >= 4 is 21.6 Å². The van der Waals surface area contributed by atoms with E-state index in [1.54, 1.807) is 12.1 Å². The molecule has 0 atom stereocenters. The van der Waals surface area contributed by atoms with Crippen molar-refractivity contribution in [2.75, 3.05) is 38.3 Å². The second-order valence-electron chi connectivity index (χ2n) is 7.22. The Hall–Kier alpha value is -2.62. The van der Waals surface area contributed by atoms with Crippen molar-refractivity contribution in [1.29, 1.82) is 0 Å². The van der Waals surface area contributed by atoms with Gasteiger partial charge >= 0.3 is 0 Å². The van der Waals surface area contributed by atoms with Crippen LogP contribution < -0.4 is 19.7 Å². The standard InChI is InChI=1S/C20H23N3O5S/c1-15(24)21-17-3-5-18(6-4-17)29(25,26)23-10-8-22(9-11-23)13-16-2-7-19-20(12-16)28-14-27-19/h2-7,12H,8-11,13-14H2,1H3,(H,21,24)/p+1. The largest absolute Gasteiger partial charge is 0.454 e. The first kappa shape index (κ1) is 19.7. The van der Waals surface area contributed by atoms with Crippen molar-refractivity contribution in [1.82, 2.24) is 4.31 Å². The molecule has 2 aliphatic heterocycles. The summed E-state index contributed by atoms with van der Waals surface area (Å²) in [5.41, 5.74) is 1.73. The number of nitrogens with zero attached hydrogens (tertiary/aromatic N) is 1. The van der Waals surface area contributed by atoms with Crippen molar-refractivity contribution in [3.63, 3.8) is 0 Å². The fourth-order valence-electron chi connectivity index (χ4n) is 3.62. The third-order valence-corrected chi connectivity index (χ3v) is 7.05. The minimum atomic E-state index is -3.54. The predicted octanol–water partition coefficient (Wildman–Crippen LogP) is 0.463. The molecule has 8 nitrogen and oxygen atoms in total. The number of hydrogen-bond donors (Lipinski definition) is 2. The third-order valence-electron chi connectivity index (χ3n) is 5.13. The molecule has 0 aromatic heterocycles. The lowest BCUT2D eigenvalue weighted by Gasteiger charge is -2.31. The second kappa shape index (κ2) is 8.02. The van der Waals surface area contributed by atoms with E-state index in [4.69, 9.17) is 9.47 Å². The van der Waals surface area contributed by atoms with Crippen LogP contribution in [0.1, 0.15) is 12.5 Å². The normalized spacial score (nSPS) is 17.3. The molecule has 1 amide bonds. The van der Waals surface area contributed by atoms with Crippen LogP contribution in [0.25, 0.3) is 0 Å². The van der Waals surface area contributed by atoms with E-state index in [1.165, 1.54) is 28.3 Å². The maximum atomic E-state index is 12.9. The van der Waals surface area contributed by atoms with Crippen LogP contribution in [0.2, 0.25) is 0 Å². The smallest absolute Gasteiger partial charge is 0.243 e. The van der Waals surface area contributed by atoms with Gasteiger partial charge in [-0.25, -0.2) is 8.42 Å². The van der Waals surface area contributed by atoms with Gasteiger partial charge < -0.3 is 19.7 Å². The highest BCUT2D eigenvalue weighted by Gasteiger charge is 2.30. The average molecular weight is 418 g/mol. The zero-order chi connectivity index (χ0) is 20.4. The number of piperazine rings is 1. The number of amides is 1. The predicted molar refractivity (Wildman–Crippen MR) is 106 cm³/mol. The molecule has 2 aromatic carbocycles. The maximum Gasteiger partial charge on any atom is 0.243 e. The number of sulfonamides is 1. The molecule has 1 fully saturated rings. The SMILES string of the molecule is CC(=O)Nc1ccc(S(=O)(=O)N2CC[NH+](Cc3ccc4c(c3)OCO4)CC2)cc1. The highest BCUT2D eigenvalue weighted by Crippen LogP contribution is 2.32. The zero-order valence-electron chi connectivity index (χ0n) is 16.2. The Morgan fingerprint density at radius 2 is 1.76 bits per heavy atom. The Balaban J connectivity index is 1.36. The summed E-state index contributed by atoms with van der Waals surface area (Å²) in [6.07, 6.45) is 0. The Morgan fingerprint density at radius 1 is 1.07 bits per heavy atom. The van der Waals surface area contributed by atoms with Gasteiger partial charge in [0.2, 0.25) is 22.7 Å². The first-order chi connectivity index (χ1) is 13.9. The molecule has 0 aliphatic carbocycles. The van der Waals surface area contributed by atoms with Gasteiger partial charge in [0.1, 0.15) is 6.54 Å². The van der Waals surface area contributed by atoms with Gasteiger partial charge in [0.05, 0.1) is 31.1 Å². The van der Waals surface area contributed by atoms with E-state index < -0.39 is 10.0 Å². The highest BCUT2D eigenvalue weighted by atomic mass is 32.2. The minimum absolute atomic E-state index is 0.192. The van der Waals surface area contributed by atoms with Crippen molar-refractivity contribution < 1.29 is 27.6 Å². The molecule has 0 spiro atoms. The number of hydrogen-bond acceptors (Lipinski definition) is 5. The van der Waals surface area contributed by atoms with Crippen molar-refractivity contribution in [2.45, 2.75) is 18.4 Å². The van der Waals surface area contributed by atoms with Gasteiger partial charge in [-0.1, -0.05) is 0 Å². The van der Waals surface area contributed by atoms with E-state index in [0.717, 1.165) is 36.7 Å². The summed E-state index contributed by atoms with van der Waals surface area (Å²) >= 11 is 0. The van der Waals surface area contributed by atoms with Gasteiger partial charge in [-0.2, -0.15) is 4.31 Å². The topological polar surface area (TPSA) is 89.4 Å². The second-order valence-corrected chi connectivity index (χ2v) is 9.16. The van der Waals surface area contributed by atoms with Gasteiger partial charge in [0.15, 0.2) is 11.5 Å². The van der Waals surface area contributed by atoms with Gasteiger partial charge in [-0.05, 0) is 42.5 Å². The monoisotopic (exact) mass is 418 g/mol. The molecule has 0 saturated carbocycles. The van der Waals surface area contributed by atoms with Gasteiger partial charge in [0, 0.05) is 18.2 Å². The first-order valence-corrected chi connectivity index (χ1v) is 11.0. The molecule has 9 heteroatoms. The highest BCUT2D eigenvalue weighted by molar-refractivity contribution is 7.89.